The van der Waals surface area contributed by atoms with Crippen LogP contribution in [0.5, 0.6) is 0 Å². The van der Waals surface area contributed by atoms with E-state index in [1.165, 1.54) is 17.7 Å². The maximum Gasteiger partial charge on any atom is 0.0448 e. The van der Waals surface area contributed by atoms with Gasteiger partial charge in [-0.3, -0.25) is 4.98 Å². The van der Waals surface area contributed by atoms with E-state index in [1.807, 2.05) is 13.2 Å². The van der Waals surface area contributed by atoms with Crippen molar-refractivity contribution in [2.24, 2.45) is 11.8 Å². The highest BCUT2D eigenvalue weighted by atomic mass is 15.2. The molecule has 0 radical (unpaired) electrons. The summed E-state index contributed by atoms with van der Waals surface area (Å²) in [6, 6.07) is 2.85. The van der Waals surface area contributed by atoms with Crippen molar-refractivity contribution < 1.29 is 0 Å². The Labute approximate surface area is 117 Å². The van der Waals surface area contributed by atoms with Gasteiger partial charge in [-0.15, -0.1) is 0 Å². The fraction of sp³-hybridized carbons (Fsp3) is 0.688. The van der Waals surface area contributed by atoms with Crippen LogP contribution in [-0.4, -0.2) is 24.6 Å². The molecule has 0 saturated carbocycles. The summed E-state index contributed by atoms with van der Waals surface area (Å²) in [5.41, 5.74) is 3.78. The Morgan fingerprint density at radius 2 is 2.11 bits per heavy atom. The smallest absolute Gasteiger partial charge is 0.0448 e. The number of piperidine rings is 1. The van der Waals surface area contributed by atoms with E-state index in [4.69, 9.17) is 0 Å². The third kappa shape index (κ3) is 3.08. The van der Waals surface area contributed by atoms with Crippen LogP contribution < -0.4 is 10.2 Å². The molecule has 1 aliphatic heterocycles. The van der Waals surface area contributed by atoms with Gasteiger partial charge in [0.15, 0.2) is 0 Å². The number of aryl methyl sites for hydroxylation is 1. The van der Waals surface area contributed by atoms with E-state index in [0.717, 1.165) is 30.6 Å². The molecule has 19 heavy (non-hydrogen) atoms. The monoisotopic (exact) mass is 261 g/mol. The van der Waals surface area contributed by atoms with Gasteiger partial charge in [-0.05, 0) is 45.2 Å². The maximum atomic E-state index is 4.45. The molecule has 3 atom stereocenters. The lowest BCUT2D eigenvalue weighted by atomic mass is 9.85. The first-order valence-electron chi connectivity index (χ1n) is 7.39. The molecule has 0 bridgehead atoms. The third-order valence-electron chi connectivity index (χ3n) is 4.37. The Hall–Kier alpha value is -1.09. The van der Waals surface area contributed by atoms with E-state index in [9.17, 15) is 0 Å². The van der Waals surface area contributed by atoms with Gasteiger partial charge in [0.25, 0.3) is 0 Å². The van der Waals surface area contributed by atoms with Crippen molar-refractivity contribution in [3.8, 4) is 0 Å². The van der Waals surface area contributed by atoms with Gasteiger partial charge in [0.1, 0.15) is 0 Å². The van der Waals surface area contributed by atoms with Crippen LogP contribution in [0, 0.1) is 18.8 Å². The normalized spacial score (nSPS) is 27.6. The standard InChI is InChI=1S/C16H27N3/c1-11-6-12(2)14(4)19(10-11)16-7-13(3)18-9-15(16)8-17-5/h7,9,11-12,14,17H,6,8,10H2,1-5H3. The molecule has 3 unspecified atom stereocenters. The minimum Gasteiger partial charge on any atom is -0.368 e. The zero-order valence-electron chi connectivity index (χ0n) is 12.9. The number of pyridine rings is 1. The fourth-order valence-corrected chi connectivity index (χ4v) is 3.20. The Morgan fingerprint density at radius 3 is 2.79 bits per heavy atom. The molecule has 0 spiro atoms. The highest BCUT2D eigenvalue weighted by Crippen LogP contribution is 2.33. The molecule has 1 N–H and O–H groups in total. The van der Waals surface area contributed by atoms with Crippen molar-refractivity contribution in [3.63, 3.8) is 0 Å². The lowest BCUT2D eigenvalue weighted by Gasteiger charge is -2.43. The zero-order valence-corrected chi connectivity index (χ0v) is 12.9. The van der Waals surface area contributed by atoms with Gasteiger partial charge >= 0.3 is 0 Å². The summed E-state index contributed by atoms with van der Waals surface area (Å²) >= 11 is 0. The molecule has 0 amide bonds. The van der Waals surface area contributed by atoms with Crippen LogP contribution in [0.1, 0.15) is 38.4 Å². The Kier molecular flexibility index (Phi) is 4.46. The second-order valence-corrected chi connectivity index (χ2v) is 6.20. The lowest BCUT2D eigenvalue weighted by molar-refractivity contribution is 0.296. The number of nitrogens with one attached hydrogen (secondary N) is 1. The first-order valence-corrected chi connectivity index (χ1v) is 7.39. The topological polar surface area (TPSA) is 28.2 Å². The summed E-state index contributed by atoms with van der Waals surface area (Å²) in [6.45, 7) is 11.2. The largest absolute Gasteiger partial charge is 0.368 e. The summed E-state index contributed by atoms with van der Waals surface area (Å²) in [6.07, 6.45) is 3.36. The SMILES string of the molecule is CNCc1cnc(C)cc1N1CC(C)CC(C)C1C. The van der Waals surface area contributed by atoms with Crippen LogP contribution in [0.25, 0.3) is 0 Å². The number of hydrogen-bond donors (Lipinski definition) is 1. The minimum absolute atomic E-state index is 0.605. The van der Waals surface area contributed by atoms with Crippen molar-refractivity contribution in [2.45, 2.75) is 46.7 Å². The van der Waals surface area contributed by atoms with Crippen LogP contribution in [-0.2, 0) is 6.54 Å². The van der Waals surface area contributed by atoms with Crippen LogP contribution in [0.15, 0.2) is 12.3 Å². The Bertz CT molecular complexity index is 430. The van der Waals surface area contributed by atoms with Gasteiger partial charge in [0.2, 0.25) is 0 Å². The minimum atomic E-state index is 0.605. The lowest BCUT2D eigenvalue weighted by Crippen LogP contribution is -2.46. The molecule has 106 valence electrons. The molecule has 2 rings (SSSR count). The summed E-state index contributed by atoms with van der Waals surface area (Å²) in [4.78, 5) is 7.03. The number of nitrogens with zero attached hydrogens (tertiary/aromatic N) is 2. The maximum absolute atomic E-state index is 4.45. The number of aromatic nitrogens is 1. The van der Waals surface area contributed by atoms with Gasteiger partial charge in [-0.25, -0.2) is 0 Å². The highest BCUT2D eigenvalue weighted by molar-refractivity contribution is 5.55. The summed E-state index contributed by atoms with van der Waals surface area (Å²) in [5.74, 6) is 1.52. The van der Waals surface area contributed by atoms with Crippen LogP contribution >= 0.6 is 0 Å². The second-order valence-electron chi connectivity index (χ2n) is 6.20. The van der Waals surface area contributed by atoms with Crippen molar-refractivity contribution in [1.29, 1.82) is 0 Å². The summed E-state index contributed by atoms with van der Waals surface area (Å²) < 4.78 is 0. The van der Waals surface area contributed by atoms with E-state index in [2.05, 4.69) is 49.0 Å². The number of rotatable bonds is 3. The molecule has 1 aromatic heterocycles. The zero-order chi connectivity index (χ0) is 14.0. The van der Waals surface area contributed by atoms with Crippen molar-refractivity contribution in [3.05, 3.63) is 23.5 Å². The van der Waals surface area contributed by atoms with Crippen LogP contribution in [0.3, 0.4) is 0 Å². The Balaban J connectivity index is 2.35. The molecule has 1 aromatic rings. The summed E-state index contributed by atoms with van der Waals surface area (Å²) in [7, 11) is 1.99. The van der Waals surface area contributed by atoms with Crippen LogP contribution in [0.2, 0.25) is 0 Å². The van der Waals surface area contributed by atoms with Crippen molar-refractivity contribution in [1.82, 2.24) is 10.3 Å². The molecule has 3 heteroatoms. The molecular formula is C16H27N3. The van der Waals surface area contributed by atoms with Gasteiger partial charge < -0.3 is 10.2 Å². The van der Waals surface area contributed by atoms with E-state index < -0.39 is 0 Å². The molecule has 1 aliphatic rings. The van der Waals surface area contributed by atoms with E-state index >= 15 is 0 Å². The molecule has 0 aromatic carbocycles. The van der Waals surface area contributed by atoms with Crippen molar-refractivity contribution in [2.75, 3.05) is 18.5 Å². The first-order chi connectivity index (χ1) is 9.02. The number of anilines is 1. The van der Waals surface area contributed by atoms with E-state index in [1.54, 1.807) is 0 Å². The van der Waals surface area contributed by atoms with Crippen molar-refractivity contribution >= 4 is 5.69 Å². The van der Waals surface area contributed by atoms with E-state index in [-0.39, 0.29) is 0 Å². The average Bonchev–Trinajstić information content (AvgIpc) is 2.36. The predicted octanol–water partition coefficient (Wildman–Crippen LogP) is 2.98. The molecule has 2 heterocycles. The molecule has 0 aliphatic carbocycles. The van der Waals surface area contributed by atoms with Gasteiger partial charge in [0.05, 0.1) is 0 Å². The molecule has 3 nitrogen and oxygen atoms in total. The molecular weight excluding hydrogens is 234 g/mol. The summed E-state index contributed by atoms with van der Waals surface area (Å²) in [5, 5.41) is 3.25. The highest BCUT2D eigenvalue weighted by Gasteiger charge is 2.30. The van der Waals surface area contributed by atoms with Gasteiger partial charge in [-0.2, -0.15) is 0 Å². The quantitative estimate of drug-likeness (QED) is 0.906. The molecule has 1 saturated heterocycles. The van der Waals surface area contributed by atoms with E-state index in [0.29, 0.717) is 6.04 Å². The first kappa shape index (κ1) is 14.3. The Morgan fingerprint density at radius 1 is 1.37 bits per heavy atom. The van der Waals surface area contributed by atoms with Gasteiger partial charge in [0, 0.05) is 42.3 Å². The average molecular weight is 261 g/mol. The molecule has 1 fully saturated rings. The number of hydrogen-bond acceptors (Lipinski definition) is 3. The second kappa shape index (κ2) is 5.91. The van der Waals surface area contributed by atoms with Gasteiger partial charge in [-0.1, -0.05) is 13.8 Å². The third-order valence-corrected chi connectivity index (χ3v) is 4.37. The van der Waals surface area contributed by atoms with Crippen LogP contribution in [0.4, 0.5) is 5.69 Å². The fourth-order valence-electron chi connectivity index (χ4n) is 3.20. The predicted molar refractivity (Wildman–Crippen MR) is 81.5 cm³/mol.